The number of hydrogen-bond donors (Lipinski definition) is 1. The SMILES string of the molecule is NC1CC(=O)c2ncoc2C1. The first-order valence-electron chi connectivity index (χ1n) is 3.48. The minimum Gasteiger partial charge on any atom is -0.448 e. The van der Waals surface area contributed by atoms with Gasteiger partial charge in [0.1, 0.15) is 11.5 Å². The van der Waals surface area contributed by atoms with Crippen LogP contribution in [-0.4, -0.2) is 16.8 Å². The van der Waals surface area contributed by atoms with Gasteiger partial charge in [-0.25, -0.2) is 4.98 Å². The molecular formula is C7H8N2O2. The number of hydrogen-bond acceptors (Lipinski definition) is 4. The number of Topliss-reactive ketones (excluding diaryl/α,β-unsaturated/α-hetero) is 1. The van der Waals surface area contributed by atoms with E-state index < -0.39 is 0 Å². The molecule has 1 aromatic rings. The van der Waals surface area contributed by atoms with Crippen molar-refractivity contribution in [1.29, 1.82) is 0 Å². The first kappa shape index (κ1) is 6.54. The average Bonchev–Trinajstić information content (AvgIpc) is 2.34. The lowest BCUT2D eigenvalue weighted by atomic mass is 9.97. The van der Waals surface area contributed by atoms with Crippen LogP contribution in [0.1, 0.15) is 22.7 Å². The largest absolute Gasteiger partial charge is 0.448 e. The molecule has 4 nitrogen and oxygen atoms in total. The Morgan fingerprint density at radius 2 is 2.45 bits per heavy atom. The van der Waals surface area contributed by atoms with Gasteiger partial charge in [-0.05, 0) is 0 Å². The standard InChI is InChI=1S/C7H8N2O2/c8-4-1-5(10)7-6(2-4)11-3-9-7/h3-4H,1-2,8H2. The van der Waals surface area contributed by atoms with Gasteiger partial charge in [-0.1, -0.05) is 0 Å². The minimum absolute atomic E-state index is 0.00694. The number of aromatic nitrogens is 1. The van der Waals surface area contributed by atoms with Crippen molar-refractivity contribution in [3.8, 4) is 0 Å². The number of carbonyl (C=O) groups is 1. The lowest BCUT2D eigenvalue weighted by molar-refractivity contribution is 0.0957. The number of carbonyl (C=O) groups excluding carboxylic acids is 1. The van der Waals surface area contributed by atoms with Gasteiger partial charge in [-0.15, -0.1) is 0 Å². The molecule has 0 bridgehead atoms. The summed E-state index contributed by atoms with van der Waals surface area (Å²) in [7, 11) is 0. The molecule has 0 saturated carbocycles. The van der Waals surface area contributed by atoms with E-state index in [2.05, 4.69) is 4.98 Å². The molecule has 0 saturated heterocycles. The van der Waals surface area contributed by atoms with E-state index in [1.54, 1.807) is 0 Å². The molecular weight excluding hydrogens is 144 g/mol. The van der Waals surface area contributed by atoms with Gasteiger partial charge in [-0.3, -0.25) is 4.79 Å². The lowest BCUT2D eigenvalue weighted by Crippen LogP contribution is -2.31. The van der Waals surface area contributed by atoms with Crippen molar-refractivity contribution in [3.05, 3.63) is 17.8 Å². The summed E-state index contributed by atoms with van der Waals surface area (Å²) in [5, 5.41) is 0. The number of nitrogens with zero attached hydrogens (tertiary/aromatic N) is 1. The third kappa shape index (κ3) is 0.952. The molecule has 0 aromatic carbocycles. The third-order valence-corrected chi connectivity index (χ3v) is 1.80. The zero-order valence-electron chi connectivity index (χ0n) is 5.91. The molecule has 0 spiro atoms. The van der Waals surface area contributed by atoms with Crippen molar-refractivity contribution in [2.45, 2.75) is 18.9 Å². The van der Waals surface area contributed by atoms with Crippen LogP contribution >= 0.6 is 0 Å². The van der Waals surface area contributed by atoms with Crippen LogP contribution in [0.25, 0.3) is 0 Å². The van der Waals surface area contributed by atoms with Crippen molar-refractivity contribution >= 4 is 5.78 Å². The molecule has 1 aliphatic rings. The summed E-state index contributed by atoms with van der Waals surface area (Å²) in [6.45, 7) is 0. The van der Waals surface area contributed by atoms with E-state index >= 15 is 0 Å². The highest BCUT2D eigenvalue weighted by Gasteiger charge is 2.26. The molecule has 1 unspecified atom stereocenters. The lowest BCUT2D eigenvalue weighted by Gasteiger charge is -2.13. The maximum absolute atomic E-state index is 11.2. The second-order valence-corrected chi connectivity index (χ2v) is 2.72. The predicted molar refractivity (Wildman–Crippen MR) is 37.1 cm³/mol. The molecule has 2 N–H and O–H groups in total. The van der Waals surface area contributed by atoms with Crippen LogP contribution in [0.3, 0.4) is 0 Å². The van der Waals surface area contributed by atoms with Crippen LogP contribution in [0.2, 0.25) is 0 Å². The van der Waals surface area contributed by atoms with Gasteiger partial charge in [0.25, 0.3) is 0 Å². The molecule has 0 aliphatic heterocycles. The smallest absolute Gasteiger partial charge is 0.186 e. The molecule has 1 atom stereocenters. The molecule has 4 heteroatoms. The van der Waals surface area contributed by atoms with E-state index in [0.717, 1.165) is 0 Å². The summed E-state index contributed by atoms with van der Waals surface area (Å²) >= 11 is 0. The van der Waals surface area contributed by atoms with Crippen molar-refractivity contribution in [2.75, 3.05) is 0 Å². The summed E-state index contributed by atoms with van der Waals surface area (Å²) in [5.41, 5.74) is 6.06. The van der Waals surface area contributed by atoms with Gasteiger partial charge < -0.3 is 10.2 Å². The topological polar surface area (TPSA) is 69.1 Å². The number of rotatable bonds is 0. The summed E-state index contributed by atoms with van der Waals surface area (Å²) in [4.78, 5) is 15.0. The predicted octanol–water partition coefficient (Wildman–Crippen LogP) is 0.131. The highest BCUT2D eigenvalue weighted by atomic mass is 16.3. The summed E-state index contributed by atoms with van der Waals surface area (Å²) < 4.78 is 4.98. The summed E-state index contributed by atoms with van der Waals surface area (Å²) in [6, 6.07) is -0.0945. The molecule has 1 heterocycles. The number of ketones is 1. The molecule has 11 heavy (non-hydrogen) atoms. The van der Waals surface area contributed by atoms with E-state index in [9.17, 15) is 4.79 Å². The van der Waals surface area contributed by atoms with Crippen LogP contribution in [0.5, 0.6) is 0 Å². The van der Waals surface area contributed by atoms with Gasteiger partial charge >= 0.3 is 0 Å². The summed E-state index contributed by atoms with van der Waals surface area (Å²) in [6.07, 6.45) is 2.31. The molecule has 1 aromatic heterocycles. The number of fused-ring (bicyclic) bond motifs is 1. The monoisotopic (exact) mass is 152 g/mol. The second kappa shape index (κ2) is 2.17. The van der Waals surface area contributed by atoms with Crippen LogP contribution in [0.4, 0.5) is 0 Å². The van der Waals surface area contributed by atoms with Crippen LogP contribution in [0, 0.1) is 0 Å². The van der Waals surface area contributed by atoms with Crippen molar-refractivity contribution < 1.29 is 9.21 Å². The van der Waals surface area contributed by atoms with Crippen molar-refractivity contribution in [3.63, 3.8) is 0 Å². The van der Waals surface area contributed by atoms with Crippen molar-refractivity contribution in [1.82, 2.24) is 4.98 Å². The van der Waals surface area contributed by atoms with E-state index in [-0.39, 0.29) is 11.8 Å². The van der Waals surface area contributed by atoms with Gasteiger partial charge in [0.05, 0.1) is 0 Å². The van der Waals surface area contributed by atoms with Crippen LogP contribution < -0.4 is 5.73 Å². The fourth-order valence-corrected chi connectivity index (χ4v) is 1.29. The van der Waals surface area contributed by atoms with Crippen LogP contribution in [0.15, 0.2) is 10.8 Å². The molecule has 1 aliphatic carbocycles. The maximum Gasteiger partial charge on any atom is 0.186 e. The molecule has 0 radical (unpaired) electrons. The van der Waals surface area contributed by atoms with Gasteiger partial charge in [0.15, 0.2) is 12.2 Å². The Bertz CT molecular complexity index is 292. The Balaban J connectivity index is 2.44. The molecule has 0 fully saturated rings. The fraction of sp³-hybridized carbons (Fsp3) is 0.429. The maximum atomic E-state index is 11.2. The number of oxazole rings is 1. The van der Waals surface area contributed by atoms with Crippen LogP contribution in [-0.2, 0) is 6.42 Å². The highest BCUT2D eigenvalue weighted by molar-refractivity contribution is 5.96. The first-order valence-corrected chi connectivity index (χ1v) is 3.48. The Morgan fingerprint density at radius 1 is 1.64 bits per heavy atom. The average molecular weight is 152 g/mol. The number of nitrogens with two attached hydrogens (primary N) is 1. The second-order valence-electron chi connectivity index (χ2n) is 2.72. The Labute approximate surface area is 63.4 Å². The van der Waals surface area contributed by atoms with E-state index in [1.165, 1.54) is 6.39 Å². The molecule has 58 valence electrons. The first-order chi connectivity index (χ1) is 5.27. The zero-order chi connectivity index (χ0) is 7.84. The molecule has 0 amide bonds. The Hall–Kier alpha value is -1.16. The molecule has 2 rings (SSSR count). The minimum atomic E-state index is -0.0945. The summed E-state index contributed by atoms with van der Waals surface area (Å²) in [5.74, 6) is 0.626. The Morgan fingerprint density at radius 3 is 3.27 bits per heavy atom. The zero-order valence-corrected chi connectivity index (χ0v) is 5.91. The van der Waals surface area contributed by atoms with E-state index in [0.29, 0.717) is 24.3 Å². The Kier molecular flexibility index (Phi) is 1.29. The highest BCUT2D eigenvalue weighted by Crippen LogP contribution is 2.18. The quantitative estimate of drug-likeness (QED) is 0.573. The third-order valence-electron chi connectivity index (χ3n) is 1.80. The van der Waals surface area contributed by atoms with Crippen molar-refractivity contribution in [2.24, 2.45) is 5.73 Å². The van der Waals surface area contributed by atoms with Gasteiger partial charge in [0, 0.05) is 18.9 Å². The van der Waals surface area contributed by atoms with E-state index in [4.69, 9.17) is 10.2 Å². The normalized spacial score (nSPS) is 23.4. The fourth-order valence-electron chi connectivity index (χ4n) is 1.29. The van der Waals surface area contributed by atoms with E-state index in [1.807, 2.05) is 0 Å². The van der Waals surface area contributed by atoms with Gasteiger partial charge in [-0.2, -0.15) is 0 Å². The van der Waals surface area contributed by atoms with Gasteiger partial charge in [0.2, 0.25) is 0 Å².